The number of hydrogen-bond donors (Lipinski definition) is 1. The molecule has 0 saturated carbocycles. The highest BCUT2D eigenvalue weighted by Crippen LogP contribution is 2.22. The molecule has 0 radical (unpaired) electrons. The molecule has 2 atom stereocenters. The van der Waals surface area contributed by atoms with Crippen molar-refractivity contribution in [3.8, 4) is 0 Å². The van der Waals surface area contributed by atoms with Crippen molar-refractivity contribution in [3.63, 3.8) is 0 Å². The van der Waals surface area contributed by atoms with Gasteiger partial charge in [0.2, 0.25) is 11.8 Å². The summed E-state index contributed by atoms with van der Waals surface area (Å²) in [4.78, 5) is 31.5. The van der Waals surface area contributed by atoms with Crippen molar-refractivity contribution < 1.29 is 9.59 Å². The van der Waals surface area contributed by atoms with Crippen molar-refractivity contribution >= 4 is 23.2 Å². The number of thiophene rings is 1. The number of rotatable bonds is 4. The first-order chi connectivity index (χ1) is 10.6. The predicted octanol–water partition coefficient (Wildman–Crippen LogP) is 1.37. The number of piperazine rings is 2. The second kappa shape index (κ2) is 6.38. The van der Waals surface area contributed by atoms with Gasteiger partial charge in [-0.05, 0) is 25.5 Å². The highest BCUT2D eigenvalue weighted by molar-refractivity contribution is 7.11. The molecule has 2 aliphatic heterocycles. The molecule has 1 N–H and O–H groups in total. The van der Waals surface area contributed by atoms with Crippen LogP contribution in [0.4, 0.5) is 0 Å². The van der Waals surface area contributed by atoms with Crippen molar-refractivity contribution in [2.45, 2.75) is 45.3 Å². The number of nitrogens with one attached hydrogen (secondary N) is 1. The maximum absolute atomic E-state index is 12.5. The minimum atomic E-state index is -0.324. The standard InChI is InChI=1S/C16H23N3O2S/c1-3-4-13-16(21)19-8-7-18(10-14(19)15(20)17-13)9-12-6-5-11(2)22-12/h5-6,13-14H,3-4,7-10H2,1-2H3,(H,17,20)/t13-,14+/m0/s1. The average Bonchev–Trinajstić information content (AvgIpc) is 2.90. The molecule has 120 valence electrons. The zero-order valence-corrected chi connectivity index (χ0v) is 14.0. The van der Waals surface area contributed by atoms with Crippen LogP contribution >= 0.6 is 11.3 Å². The third-order valence-electron chi connectivity index (χ3n) is 4.42. The highest BCUT2D eigenvalue weighted by Gasteiger charge is 2.42. The van der Waals surface area contributed by atoms with Gasteiger partial charge in [-0.1, -0.05) is 13.3 Å². The van der Waals surface area contributed by atoms with Crippen LogP contribution in [0.1, 0.15) is 29.5 Å². The Balaban J connectivity index is 1.65. The van der Waals surface area contributed by atoms with Gasteiger partial charge >= 0.3 is 0 Å². The molecule has 22 heavy (non-hydrogen) atoms. The quantitative estimate of drug-likeness (QED) is 0.911. The van der Waals surface area contributed by atoms with Gasteiger partial charge in [-0.3, -0.25) is 14.5 Å². The number of fused-ring (bicyclic) bond motifs is 1. The third kappa shape index (κ3) is 3.03. The van der Waals surface area contributed by atoms with Crippen molar-refractivity contribution in [1.82, 2.24) is 15.1 Å². The van der Waals surface area contributed by atoms with Gasteiger partial charge in [0.25, 0.3) is 0 Å². The van der Waals surface area contributed by atoms with Crippen molar-refractivity contribution in [3.05, 3.63) is 21.9 Å². The van der Waals surface area contributed by atoms with E-state index in [-0.39, 0.29) is 23.9 Å². The SMILES string of the molecule is CCC[C@@H]1NC(=O)[C@H]2CN(Cc3ccc(C)s3)CCN2C1=O. The summed E-state index contributed by atoms with van der Waals surface area (Å²) in [6.45, 7) is 7.13. The predicted molar refractivity (Wildman–Crippen MR) is 86.7 cm³/mol. The molecule has 0 spiro atoms. The van der Waals surface area contributed by atoms with Crippen LogP contribution in [-0.2, 0) is 16.1 Å². The molecule has 1 aromatic heterocycles. The van der Waals surface area contributed by atoms with Crippen LogP contribution in [0.2, 0.25) is 0 Å². The summed E-state index contributed by atoms with van der Waals surface area (Å²) in [5.41, 5.74) is 0. The second-order valence-electron chi connectivity index (χ2n) is 6.14. The maximum atomic E-state index is 12.5. The van der Waals surface area contributed by atoms with E-state index in [0.717, 1.165) is 25.9 Å². The van der Waals surface area contributed by atoms with E-state index >= 15 is 0 Å². The van der Waals surface area contributed by atoms with E-state index in [4.69, 9.17) is 0 Å². The first kappa shape index (κ1) is 15.5. The molecule has 2 fully saturated rings. The molecule has 0 aromatic carbocycles. The minimum Gasteiger partial charge on any atom is -0.342 e. The Morgan fingerprint density at radius 3 is 2.82 bits per heavy atom. The number of nitrogens with zero attached hydrogens (tertiary/aromatic N) is 2. The smallest absolute Gasteiger partial charge is 0.245 e. The lowest BCUT2D eigenvalue weighted by Crippen LogP contribution is -2.69. The normalized spacial score (nSPS) is 26.0. The summed E-state index contributed by atoms with van der Waals surface area (Å²) in [7, 11) is 0. The number of carbonyl (C=O) groups excluding carboxylic acids is 2. The van der Waals surface area contributed by atoms with E-state index in [1.54, 1.807) is 16.2 Å². The monoisotopic (exact) mass is 321 g/mol. The summed E-state index contributed by atoms with van der Waals surface area (Å²) < 4.78 is 0. The van der Waals surface area contributed by atoms with Gasteiger partial charge in [0.1, 0.15) is 12.1 Å². The Kier molecular flexibility index (Phi) is 4.49. The lowest BCUT2D eigenvalue weighted by Gasteiger charge is -2.45. The molecular formula is C16H23N3O2S. The third-order valence-corrected chi connectivity index (χ3v) is 5.40. The van der Waals surface area contributed by atoms with Crippen LogP contribution in [-0.4, -0.2) is 53.3 Å². The Morgan fingerprint density at radius 1 is 1.32 bits per heavy atom. The summed E-state index contributed by atoms with van der Waals surface area (Å²) in [5, 5.41) is 2.90. The number of aryl methyl sites for hydroxylation is 1. The molecule has 6 heteroatoms. The summed E-state index contributed by atoms with van der Waals surface area (Å²) in [6.07, 6.45) is 1.63. The van der Waals surface area contributed by atoms with Gasteiger partial charge in [-0.15, -0.1) is 11.3 Å². The lowest BCUT2D eigenvalue weighted by atomic mass is 10.0. The second-order valence-corrected chi connectivity index (χ2v) is 7.52. The van der Waals surface area contributed by atoms with Gasteiger partial charge in [-0.25, -0.2) is 0 Å². The molecule has 2 amide bonds. The highest BCUT2D eigenvalue weighted by atomic mass is 32.1. The van der Waals surface area contributed by atoms with E-state index in [9.17, 15) is 9.59 Å². The summed E-state index contributed by atoms with van der Waals surface area (Å²) >= 11 is 1.80. The minimum absolute atomic E-state index is 0.00473. The first-order valence-corrected chi connectivity index (χ1v) is 8.78. The van der Waals surface area contributed by atoms with Crippen molar-refractivity contribution in [1.29, 1.82) is 0 Å². The van der Waals surface area contributed by atoms with Crippen molar-refractivity contribution in [2.75, 3.05) is 19.6 Å². The molecule has 2 saturated heterocycles. The fourth-order valence-electron chi connectivity index (χ4n) is 3.28. The lowest BCUT2D eigenvalue weighted by molar-refractivity contribution is -0.153. The summed E-state index contributed by atoms with van der Waals surface area (Å²) in [6, 6.07) is 3.63. The van der Waals surface area contributed by atoms with Crippen LogP contribution in [0, 0.1) is 6.92 Å². The molecule has 2 aliphatic rings. The maximum Gasteiger partial charge on any atom is 0.245 e. The van der Waals surface area contributed by atoms with Crippen molar-refractivity contribution in [2.24, 2.45) is 0 Å². The Morgan fingerprint density at radius 2 is 2.14 bits per heavy atom. The van der Waals surface area contributed by atoms with E-state index in [2.05, 4.69) is 29.3 Å². The molecule has 3 rings (SSSR count). The Labute approximate surface area is 135 Å². The van der Waals surface area contributed by atoms with Crippen LogP contribution < -0.4 is 5.32 Å². The number of carbonyl (C=O) groups is 2. The molecule has 0 unspecified atom stereocenters. The zero-order chi connectivity index (χ0) is 15.7. The number of hydrogen-bond acceptors (Lipinski definition) is 4. The van der Waals surface area contributed by atoms with Gasteiger partial charge in [0, 0.05) is 35.9 Å². The fourth-order valence-corrected chi connectivity index (χ4v) is 4.21. The van der Waals surface area contributed by atoms with Gasteiger partial charge in [0.05, 0.1) is 0 Å². The van der Waals surface area contributed by atoms with Crippen LogP contribution in [0.3, 0.4) is 0 Å². The molecule has 1 aromatic rings. The van der Waals surface area contributed by atoms with Gasteiger partial charge in [0.15, 0.2) is 0 Å². The van der Waals surface area contributed by atoms with Crippen LogP contribution in [0.15, 0.2) is 12.1 Å². The molecular weight excluding hydrogens is 298 g/mol. The van der Waals surface area contributed by atoms with E-state index in [0.29, 0.717) is 13.1 Å². The average molecular weight is 321 g/mol. The van der Waals surface area contributed by atoms with Gasteiger partial charge < -0.3 is 10.2 Å². The van der Waals surface area contributed by atoms with Crippen LogP contribution in [0.25, 0.3) is 0 Å². The van der Waals surface area contributed by atoms with E-state index < -0.39 is 0 Å². The van der Waals surface area contributed by atoms with E-state index in [1.807, 2.05) is 6.92 Å². The molecule has 0 aliphatic carbocycles. The van der Waals surface area contributed by atoms with Crippen LogP contribution in [0.5, 0.6) is 0 Å². The molecule has 0 bridgehead atoms. The Bertz CT molecular complexity index is 571. The molecule has 5 nitrogen and oxygen atoms in total. The fraction of sp³-hybridized carbons (Fsp3) is 0.625. The molecule has 3 heterocycles. The van der Waals surface area contributed by atoms with E-state index in [1.165, 1.54) is 9.75 Å². The first-order valence-electron chi connectivity index (χ1n) is 7.97. The Hall–Kier alpha value is -1.40. The summed E-state index contributed by atoms with van der Waals surface area (Å²) in [5.74, 6) is 0.100. The topological polar surface area (TPSA) is 52.7 Å². The largest absolute Gasteiger partial charge is 0.342 e. The zero-order valence-electron chi connectivity index (χ0n) is 13.2. The van der Waals surface area contributed by atoms with Gasteiger partial charge in [-0.2, -0.15) is 0 Å². The number of amides is 2.